The van der Waals surface area contributed by atoms with Gasteiger partial charge in [-0.1, -0.05) is 30.3 Å². The van der Waals surface area contributed by atoms with Crippen molar-refractivity contribution in [2.45, 2.75) is 30.3 Å². The maximum atomic E-state index is 12.8. The Morgan fingerprint density at radius 3 is 2.25 bits per heavy atom. The minimum atomic E-state index is -3.49. The Labute approximate surface area is 142 Å². The summed E-state index contributed by atoms with van der Waals surface area (Å²) in [6, 6.07) is 16.2. The zero-order valence-corrected chi connectivity index (χ0v) is 14.3. The van der Waals surface area contributed by atoms with E-state index in [1.54, 1.807) is 12.1 Å². The van der Waals surface area contributed by atoms with Gasteiger partial charge in [-0.2, -0.15) is 0 Å². The normalized spacial score (nSPS) is 14.4. The minimum Gasteiger partial charge on any atom is -0.331 e. The lowest BCUT2D eigenvalue weighted by molar-refractivity contribution is 0.0730. The molecule has 0 aromatic heterocycles. The summed E-state index contributed by atoms with van der Waals surface area (Å²) in [7, 11) is -2.12. The first-order chi connectivity index (χ1) is 11.5. The fraction of sp³-hybridized carbons (Fsp3) is 0.278. The summed E-state index contributed by atoms with van der Waals surface area (Å²) in [5, 5.41) is 0. The fourth-order valence-corrected chi connectivity index (χ4v) is 3.32. The smallest absolute Gasteiger partial charge is 0.254 e. The molecular weight excluding hydrogens is 324 g/mol. The molecule has 24 heavy (non-hydrogen) atoms. The first-order valence-corrected chi connectivity index (χ1v) is 9.38. The van der Waals surface area contributed by atoms with E-state index in [-0.39, 0.29) is 16.8 Å². The van der Waals surface area contributed by atoms with Crippen LogP contribution >= 0.6 is 0 Å². The summed E-state index contributed by atoms with van der Waals surface area (Å²) in [5.41, 5.74) is 1.60. The van der Waals surface area contributed by atoms with Gasteiger partial charge in [0.05, 0.1) is 4.90 Å². The number of amides is 1. The van der Waals surface area contributed by atoms with E-state index in [0.717, 1.165) is 18.4 Å². The largest absolute Gasteiger partial charge is 0.331 e. The van der Waals surface area contributed by atoms with E-state index in [0.29, 0.717) is 12.1 Å². The molecule has 1 aliphatic rings. The van der Waals surface area contributed by atoms with Crippen molar-refractivity contribution >= 4 is 15.9 Å². The predicted octanol–water partition coefficient (Wildman–Crippen LogP) is 2.40. The first kappa shape index (κ1) is 16.7. The van der Waals surface area contributed by atoms with Gasteiger partial charge >= 0.3 is 0 Å². The molecule has 5 nitrogen and oxygen atoms in total. The number of nitrogens with zero attached hydrogens (tertiary/aromatic N) is 1. The summed E-state index contributed by atoms with van der Waals surface area (Å²) in [6.45, 7) is 0.570. The predicted molar refractivity (Wildman–Crippen MR) is 92.0 cm³/mol. The lowest BCUT2D eigenvalue weighted by atomic mass is 10.1. The third-order valence-electron chi connectivity index (χ3n) is 4.12. The van der Waals surface area contributed by atoms with E-state index < -0.39 is 10.0 Å². The topological polar surface area (TPSA) is 66.5 Å². The van der Waals surface area contributed by atoms with Crippen LogP contribution < -0.4 is 4.72 Å². The van der Waals surface area contributed by atoms with E-state index in [1.807, 2.05) is 35.2 Å². The zero-order valence-electron chi connectivity index (χ0n) is 13.5. The van der Waals surface area contributed by atoms with Gasteiger partial charge in [-0.25, -0.2) is 13.1 Å². The molecule has 0 radical (unpaired) electrons. The van der Waals surface area contributed by atoms with Gasteiger partial charge in [-0.05, 0) is 49.7 Å². The molecule has 1 aliphatic carbocycles. The van der Waals surface area contributed by atoms with Gasteiger partial charge in [0.2, 0.25) is 10.0 Å². The number of hydrogen-bond donors (Lipinski definition) is 1. The van der Waals surface area contributed by atoms with Crippen LogP contribution in [0.2, 0.25) is 0 Å². The third-order valence-corrected chi connectivity index (χ3v) is 5.55. The molecule has 2 aromatic rings. The summed E-state index contributed by atoms with van der Waals surface area (Å²) in [6.07, 6.45) is 2.04. The van der Waals surface area contributed by atoms with E-state index >= 15 is 0 Å². The maximum absolute atomic E-state index is 12.8. The number of nitrogens with one attached hydrogen (secondary N) is 1. The molecule has 1 fully saturated rings. The highest BCUT2D eigenvalue weighted by atomic mass is 32.2. The number of carbonyl (C=O) groups excluding carboxylic acids is 1. The van der Waals surface area contributed by atoms with Crippen LogP contribution in [-0.4, -0.2) is 32.3 Å². The molecule has 6 heteroatoms. The van der Waals surface area contributed by atoms with Crippen molar-refractivity contribution in [1.82, 2.24) is 9.62 Å². The van der Waals surface area contributed by atoms with Crippen molar-refractivity contribution in [3.8, 4) is 0 Å². The Morgan fingerprint density at radius 2 is 1.71 bits per heavy atom. The van der Waals surface area contributed by atoms with Gasteiger partial charge in [0.25, 0.3) is 5.91 Å². The third kappa shape index (κ3) is 3.66. The second kappa shape index (κ2) is 6.75. The molecule has 0 bridgehead atoms. The summed E-state index contributed by atoms with van der Waals surface area (Å²) in [5.74, 6) is -0.0604. The van der Waals surface area contributed by atoms with Crippen molar-refractivity contribution in [1.29, 1.82) is 0 Å². The van der Waals surface area contributed by atoms with Crippen LogP contribution in [0.3, 0.4) is 0 Å². The van der Waals surface area contributed by atoms with Crippen molar-refractivity contribution in [3.05, 3.63) is 65.7 Å². The molecule has 1 amide bonds. The van der Waals surface area contributed by atoms with Gasteiger partial charge in [-0.3, -0.25) is 4.79 Å². The maximum Gasteiger partial charge on any atom is 0.254 e. The summed E-state index contributed by atoms with van der Waals surface area (Å²) in [4.78, 5) is 14.8. The molecule has 1 N–H and O–H groups in total. The average molecular weight is 344 g/mol. The SMILES string of the molecule is CNS(=O)(=O)c1ccc(C(=O)N(Cc2ccccc2)C2CC2)cc1. The standard InChI is InChI=1S/C18H20N2O3S/c1-19-24(22,23)17-11-7-15(8-12-17)18(21)20(16-9-10-16)13-14-5-3-2-4-6-14/h2-8,11-12,16,19H,9-10,13H2,1H3. The second-order valence-corrected chi connectivity index (χ2v) is 7.77. The van der Waals surface area contributed by atoms with Crippen molar-refractivity contribution in [3.63, 3.8) is 0 Å². The molecule has 3 rings (SSSR count). The van der Waals surface area contributed by atoms with Crippen LogP contribution in [0.15, 0.2) is 59.5 Å². The highest BCUT2D eigenvalue weighted by Gasteiger charge is 2.33. The Kier molecular flexibility index (Phi) is 4.69. The quantitative estimate of drug-likeness (QED) is 0.875. The van der Waals surface area contributed by atoms with Crippen LogP contribution in [0.1, 0.15) is 28.8 Å². The van der Waals surface area contributed by atoms with Gasteiger partial charge < -0.3 is 4.90 Å². The van der Waals surface area contributed by atoms with Gasteiger partial charge in [0, 0.05) is 18.2 Å². The molecule has 0 unspecified atom stereocenters. The second-order valence-electron chi connectivity index (χ2n) is 5.88. The zero-order chi connectivity index (χ0) is 17.2. The molecule has 2 aromatic carbocycles. The molecule has 0 spiro atoms. The molecule has 1 saturated carbocycles. The van der Waals surface area contributed by atoms with Gasteiger partial charge in [0.15, 0.2) is 0 Å². The van der Waals surface area contributed by atoms with Gasteiger partial charge in [0.1, 0.15) is 0 Å². The monoisotopic (exact) mass is 344 g/mol. The molecule has 126 valence electrons. The van der Waals surface area contributed by atoms with Crippen LogP contribution in [0, 0.1) is 0 Å². The fourth-order valence-electron chi connectivity index (χ4n) is 2.59. The van der Waals surface area contributed by atoms with Crippen molar-refractivity contribution < 1.29 is 13.2 Å². The van der Waals surface area contributed by atoms with E-state index in [2.05, 4.69) is 4.72 Å². The number of carbonyl (C=O) groups is 1. The first-order valence-electron chi connectivity index (χ1n) is 7.90. The molecular formula is C18H20N2O3S. The highest BCUT2D eigenvalue weighted by molar-refractivity contribution is 7.89. The Bertz CT molecular complexity index is 813. The number of rotatable bonds is 6. The lowest BCUT2D eigenvalue weighted by Gasteiger charge is -2.23. The number of sulfonamides is 1. The molecule has 0 aliphatic heterocycles. The number of benzene rings is 2. The van der Waals surface area contributed by atoms with Crippen LogP contribution in [-0.2, 0) is 16.6 Å². The lowest BCUT2D eigenvalue weighted by Crippen LogP contribution is -2.32. The minimum absolute atomic E-state index is 0.0604. The van der Waals surface area contributed by atoms with Crippen LogP contribution in [0.25, 0.3) is 0 Å². The van der Waals surface area contributed by atoms with Crippen molar-refractivity contribution in [2.24, 2.45) is 0 Å². The van der Waals surface area contributed by atoms with E-state index in [4.69, 9.17) is 0 Å². The van der Waals surface area contributed by atoms with Crippen LogP contribution in [0.4, 0.5) is 0 Å². The molecule has 0 heterocycles. The highest BCUT2D eigenvalue weighted by Crippen LogP contribution is 2.30. The molecule has 0 atom stereocenters. The van der Waals surface area contributed by atoms with Crippen molar-refractivity contribution in [2.75, 3.05) is 7.05 Å². The summed E-state index contributed by atoms with van der Waals surface area (Å²) >= 11 is 0. The van der Waals surface area contributed by atoms with Crippen LogP contribution in [0.5, 0.6) is 0 Å². The Morgan fingerprint density at radius 1 is 1.08 bits per heavy atom. The summed E-state index contributed by atoms with van der Waals surface area (Å²) < 4.78 is 25.8. The van der Waals surface area contributed by atoms with E-state index in [9.17, 15) is 13.2 Å². The van der Waals surface area contributed by atoms with E-state index in [1.165, 1.54) is 19.2 Å². The Hall–Kier alpha value is -2.18. The Balaban J connectivity index is 1.80. The van der Waals surface area contributed by atoms with Gasteiger partial charge in [-0.15, -0.1) is 0 Å². The number of hydrogen-bond acceptors (Lipinski definition) is 3. The molecule has 0 saturated heterocycles. The average Bonchev–Trinajstić information content (AvgIpc) is 3.45.